The normalized spacial score (nSPS) is 19.8. The number of amides is 2. The Labute approximate surface area is 152 Å². The van der Waals surface area contributed by atoms with Crippen LogP contribution in [0.4, 0.5) is 5.82 Å². The lowest BCUT2D eigenvalue weighted by atomic mass is 9.82. The molecule has 8 nitrogen and oxygen atoms in total. The van der Waals surface area contributed by atoms with Crippen LogP contribution in [-0.4, -0.2) is 49.1 Å². The summed E-state index contributed by atoms with van der Waals surface area (Å²) in [6, 6.07) is 1.77. The van der Waals surface area contributed by atoms with Crippen LogP contribution in [0, 0.1) is 5.92 Å². The van der Waals surface area contributed by atoms with Gasteiger partial charge in [0, 0.05) is 50.7 Å². The first-order valence-corrected chi connectivity index (χ1v) is 9.17. The van der Waals surface area contributed by atoms with Crippen LogP contribution in [-0.2, 0) is 22.2 Å². The Kier molecular flexibility index (Phi) is 4.26. The van der Waals surface area contributed by atoms with Gasteiger partial charge in [-0.25, -0.2) is 4.98 Å². The fraction of sp³-hybridized carbons (Fsp3) is 0.556. The number of piperidine rings is 1. The fourth-order valence-electron chi connectivity index (χ4n) is 3.84. The number of nitrogens with one attached hydrogen (secondary N) is 1. The van der Waals surface area contributed by atoms with Crippen molar-refractivity contribution < 1.29 is 9.59 Å². The summed E-state index contributed by atoms with van der Waals surface area (Å²) in [5.74, 6) is 0.869. The zero-order valence-corrected chi connectivity index (χ0v) is 15.0. The second kappa shape index (κ2) is 6.59. The van der Waals surface area contributed by atoms with Crippen molar-refractivity contribution in [1.29, 1.82) is 0 Å². The van der Waals surface area contributed by atoms with E-state index in [1.165, 1.54) is 0 Å². The van der Waals surface area contributed by atoms with Gasteiger partial charge >= 0.3 is 0 Å². The Bertz CT molecular complexity index is 784. The van der Waals surface area contributed by atoms with Crippen molar-refractivity contribution in [2.45, 2.75) is 37.6 Å². The van der Waals surface area contributed by atoms with Crippen molar-refractivity contribution in [1.82, 2.24) is 24.2 Å². The summed E-state index contributed by atoms with van der Waals surface area (Å²) in [4.78, 5) is 31.7. The van der Waals surface area contributed by atoms with Crippen molar-refractivity contribution in [3.05, 3.63) is 31.0 Å². The Balaban J connectivity index is 1.52. The molecule has 1 saturated carbocycles. The van der Waals surface area contributed by atoms with Gasteiger partial charge in [-0.05, 0) is 25.7 Å². The highest BCUT2D eigenvalue weighted by Crippen LogP contribution is 2.34. The number of hydrogen-bond donors (Lipinski definition) is 1. The van der Waals surface area contributed by atoms with Gasteiger partial charge in [-0.1, -0.05) is 6.42 Å². The topological polar surface area (TPSA) is 85.0 Å². The molecule has 8 heteroatoms. The average Bonchev–Trinajstić information content (AvgIpc) is 3.25. The maximum atomic E-state index is 13.2. The number of nitrogens with zero attached hydrogens (tertiary/aromatic N) is 5. The van der Waals surface area contributed by atoms with Gasteiger partial charge in [0.15, 0.2) is 5.82 Å². The summed E-state index contributed by atoms with van der Waals surface area (Å²) < 4.78 is 3.52. The molecule has 0 unspecified atom stereocenters. The molecule has 2 aromatic heterocycles. The van der Waals surface area contributed by atoms with Crippen molar-refractivity contribution >= 4 is 17.6 Å². The molecule has 0 bridgehead atoms. The van der Waals surface area contributed by atoms with E-state index < -0.39 is 5.54 Å². The van der Waals surface area contributed by atoms with Crippen LogP contribution in [0.3, 0.4) is 0 Å². The van der Waals surface area contributed by atoms with Gasteiger partial charge in [-0.3, -0.25) is 14.3 Å². The number of hydrogen-bond acceptors (Lipinski definition) is 4. The number of rotatable bonds is 4. The standard InChI is InChI=1S/C18H24N6O2/c1-22-9-5-15(21-22)20-17(26)18(24-12-8-19-13-24)6-10-23(11-7-18)16(25)14-3-2-4-14/h5,8-9,12-14H,2-4,6-7,10-11H2,1H3,(H,20,21,26). The first-order valence-electron chi connectivity index (χ1n) is 9.17. The van der Waals surface area contributed by atoms with Crippen molar-refractivity contribution in [3.8, 4) is 0 Å². The molecule has 3 heterocycles. The Morgan fingerprint density at radius 1 is 1.23 bits per heavy atom. The van der Waals surface area contributed by atoms with Gasteiger partial charge in [0.2, 0.25) is 5.91 Å². The minimum absolute atomic E-state index is 0.107. The SMILES string of the molecule is Cn1ccc(NC(=O)C2(n3ccnc3)CCN(C(=O)C3CCC3)CC2)n1. The van der Waals surface area contributed by atoms with Gasteiger partial charge in [0.25, 0.3) is 5.91 Å². The second-order valence-corrected chi connectivity index (χ2v) is 7.28. The first kappa shape index (κ1) is 16.8. The molecule has 1 aliphatic carbocycles. The van der Waals surface area contributed by atoms with Crippen LogP contribution < -0.4 is 5.32 Å². The molecule has 1 aliphatic heterocycles. The monoisotopic (exact) mass is 356 g/mol. The van der Waals surface area contributed by atoms with Crippen LogP contribution >= 0.6 is 0 Å². The number of aryl methyl sites for hydroxylation is 1. The summed E-state index contributed by atoms with van der Waals surface area (Å²) in [6.45, 7) is 1.17. The number of carbonyl (C=O) groups is 2. The highest BCUT2D eigenvalue weighted by atomic mass is 16.2. The van der Waals surface area contributed by atoms with Gasteiger partial charge in [0.1, 0.15) is 5.54 Å². The fourth-order valence-corrected chi connectivity index (χ4v) is 3.84. The summed E-state index contributed by atoms with van der Waals surface area (Å²) in [7, 11) is 1.81. The summed E-state index contributed by atoms with van der Waals surface area (Å²) in [5, 5.41) is 7.17. The van der Waals surface area contributed by atoms with E-state index in [1.807, 2.05) is 22.7 Å². The summed E-state index contributed by atoms with van der Waals surface area (Å²) in [5.41, 5.74) is -0.746. The number of carbonyl (C=O) groups excluding carboxylic acids is 2. The maximum Gasteiger partial charge on any atom is 0.251 e. The van der Waals surface area contributed by atoms with E-state index in [0.29, 0.717) is 31.7 Å². The van der Waals surface area contributed by atoms with Crippen LogP contribution in [0.2, 0.25) is 0 Å². The molecule has 138 valence electrons. The van der Waals surface area contributed by atoms with E-state index in [2.05, 4.69) is 15.4 Å². The number of likely N-dealkylation sites (tertiary alicyclic amines) is 1. The lowest BCUT2D eigenvalue weighted by molar-refractivity contribution is -0.142. The zero-order valence-electron chi connectivity index (χ0n) is 15.0. The molecule has 2 aromatic rings. The smallest absolute Gasteiger partial charge is 0.251 e. The molecule has 0 atom stereocenters. The minimum atomic E-state index is -0.746. The Hall–Kier alpha value is -2.64. The maximum absolute atomic E-state index is 13.2. The molecule has 1 saturated heterocycles. The molecule has 2 fully saturated rings. The third kappa shape index (κ3) is 2.89. The quantitative estimate of drug-likeness (QED) is 0.897. The predicted molar refractivity (Wildman–Crippen MR) is 95.2 cm³/mol. The van der Waals surface area contributed by atoms with Gasteiger partial charge in [0.05, 0.1) is 6.33 Å². The summed E-state index contributed by atoms with van der Waals surface area (Å²) >= 11 is 0. The van der Waals surface area contributed by atoms with Crippen molar-refractivity contribution in [2.24, 2.45) is 13.0 Å². The molecule has 2 aliphatic rings. The van der Waals surface area contributed by atoms with Crippen LogP contribution in [0.15, 0.2) is 31.0 Å². The van der Waals surface area contributed by atoms with Crippen molar-refractivity contribution in [2.75, 3.05) is 18.4 Å². The van der Waals surface area contributed by atoms with Crippen molar-refractivity contribution in [3.63, 3.8) is 0 Å². The third-order valence-electron chi connectivity index (χ3n) is 5.73. The first-order chi connectivity index (χ1) is 12.6. The number of anilines is 1. The lowest BCUT2D eigenvalue weighted by Crippen LogP contribution is -2.55. The highest BCUT2D eigenvalue weighted by Gasteiger charge is 2.45. The van der Waals surface area contributed by atoms with E-state index in [-0.39, 0.29) is 17.7 Å². The predicted octanol–water partition coefficient (Wildman–Crippen LogP) is 1.37. The minimum Gasteiger partial charge on any atom is -0.342 e. The third-order valence-corrected chi connectivity index (χ3v) is 5.73. The van der Waals surface area contributed by atoms with E-state index in [4.69, 9.17) is 0 Å². The summed E-state index contributed by atoms with van der Waals surface area (Å²) in [6.07, 6.45) is 11.3. The van der Waals surface area contributed by atoms with E-state index in [0.717, 1.165) is 19.3 Å². The van der Waals surface area contributed by atoms with Gasteiger partial charge in [-0.2, -0.15) is 5.10 Å². The molecule has 0 spiro atoms. The Morgan fingerprint density at radius 2 is 2.00 bits per heavy atom. The largest absolute Gasteiger partial charge is 0.342 e. The van der Waals surface area contributed by atoms with Crippen LogP contribution in [0.25, 0.3) is 0 Å². The number of aromatic nitrogens is 4. The molecule has 0 radical (unpaired) electrons. The molecule has 1 N–H and O–H groups in total. The van der Waals surface area contributed by atoms with E-state index in [1.54, 1.807) is 29.5 Å². The second-order valence-electron chi connectivity index (χ2n) is 7.28. The highest BCUT2D eigenvalue weighted by molar-refractivity contribution is 5.96. The van der Waals surface area contributed by atoms with E-state index in [9.17, 15) is 9.59 Å². The zero-order chi connectivity index (χ0) is 18.1. The molecule has 0 aromatic carbocycles. The van der Waals surface area contributed by atoms with Crippen LogP contribution in [0.1, 0.15) is 32.1 Å². The van der Waals surface area contributed by atoms with Crippen LogP contribution in [0.5, 0.6) is 0 Å². The molecule has 26 heavy (non-hydrogen) atoms. The average molecular weight is 356 g/mol. The lowest BCUT2D eigenvalue weighted by Gasteiger charge is -2.42. The Morgan fingerprint density at radius 3 is 2.54 bits per heavy atom. The molecular formula is C18H24N6O2. The van der Waals surface area contributed by atoms with Gasteiger partial charge in [-0.15, -0.1) is 0 Å². The van der Waals surface area contributed by atoms with Gasteiger partial charge < -0.3 is 14.8 Å². The molecule has 2 amide bonds. The number of imidazole rings is 1. The molecular weight excluding hydrogens is 332 g/mol. The molecule has 4 rings (SSSR count). The van der Waals surface area contributed by atoms with E-state index >= 15 is 0 Å².